The highest BCUT2D eigenvalue weighted by Gasteiger charge is 2.24. The largest absolute Gasteiger partial charge is 0.289 e. The minimum absolute atomic E-state index is 0.188. The van der Waals surface area contributed by atoms with Crippen LogP contribution in [0.15, 0.2) is 40.8 Å². The third kappa shape index (κ3) is 1.67. The zero-order chi connectivity index (χ0) is 13.6. The van der Waals surface area contributed by atoms with Crippen molar-refractivity contribution in [1.29, 1.82) is 0 Å². The highest BCUT2D eigenvalue weighted by molar-refractivity contribution is 7.98. The Morgan fingerprint density at radius 1 is 1.11 bits per heavy atom. The average Bonchev–Trinajstić information content (AvgIpc) is 2.45. The van der Waals surface area contributed by atoms with Gasteiger partial charge in [0.15, 0.2) is 5.78 Å². The van der Waals surface area contributed by atoms with Crippen LogP contribution in [-0.4, -0.2) is 12.0 Å². The molecule has 0 bridgehead atoms. The minimum Gasteiger partial charge on any atom is -0.289 e. The summed E-state index contributed by atoms with van der Waals surface area (Å²) < 4.78 is 0. The first-order chi connectivity index (χ1) is 9.19. The first-order valence-electron chi connectivity index (χ1n) is 6.53. The second-order valence-corrected chi connectivity index (χ2v) is 5.68. The average molecular weight is 268 g/mol. The molecule has 96 valence electrons. The fourth-order valence-corrected chi connectivity index (χ4v) is 3.59. The Morgan fingerprint density at radius 2 is 1.89 bits per heavy atom. The molecule has 19 heavy (non-hydrogen) atoms. The van der Waals surface area contributed by atoms with Gasteiger partial charge in [0.05, 0.1) is 0 Å². The smallest absolute Gasteiger partial charge is 0.189 e. The van der Waals surface area contributed by atoms with Gasteiger partial charge in [0.2, 0.25) is 0 Å². The van der Waals surface area contributed by atoms with Crippen molar-refractivity contribution in [2.24, 2.45) is 0 Å². The summed E-state index contributed by atoms with van der Waals surface area (Å²) in [6, 6.07) is 10.4. The van der Waals surface area contributed by atoms with Gasteiger partial charge in [0.25, 0.3) is 0 Å². The van der Waals surface area contributed by atoms with E-state index < -0.39 is 0 Å². The number of Topliss-reactive ketones (excluding diaryl/α,β-unsaturated/α-hetero) is 1. The Kier molecular flexibility index (Phi) is 2.98. The number of ketones is 1. The molecule has 0 unspecified atom stereocenters. The Balaban J connectivity index is 2.49. The number of benzene rings is 2. The molecule has 2 aromatic carbocycles. The molecular formula is C17H16OS. The fourth-order valence-electron chi connectivity index (χ4n) is 3.00. The van der Waals surface area contributed by atoms with E-state index in [4.69, 9.17) is 0 Å². The van der Waals surface area contributed by atoms with Crippen LogP contribution in [0.25, 0.3) is 16.3 Å². The van der Waals surface area contributed by atoms with Gasteiger partial charge in [0.1, 0.15) is 0 Å². The van der Waals surface area contributed by atoms with Crippen molar-refractivity contribution >= 4 is 33.9 Å². The molecule has 0 saturated carbocycles. The van der Waals surface area contributed by atoms with Crippen molar-refractivity contribution < 1.29 is 4.79 Å². The molecule has 2 aromatic rings. The summed E-state index contributed by atoms with van der Waals surface area (Å²) >= 11 is 1.73. The second-order valence-electron chi connectivity index (χ2n) is 4.83. The number of allylic oxidation sites excluding steroid dienone is 2. The van der Waals surface area contributed by atoms with Crippen molar-refractivity contribution in [3.8, 4) is 0 Å². The first-order valence-corrected chi connectivity index (χ1v) is 7.76. The molecule has 2 heteroatoms. The van der Waals surface area contributed by atoms with Gasteiger partial charge in [-0.25, -0.2) is 0 Å². The van der Waals surface area contributed by atoms with E-state index in [1.807, 2.05) is 13.0 Å². The van der Waals surface area contributed by atoms with E-state index in [9.17, 15) is 4.79 Å². The number of thioether (sulfide) groups is 1. The van der Waals surface area contributed by atoms with Crippen molar-refractivity contribution in [2.75, 3.05) is 6.26 Å². The summed E-state index contributed by atoms with van der Waals surface area (Å²) in [5.74, 6) is 0.188. The molecule has 0 radical (unpaired) electrons. The van der Waals surface area contributed by atoms with Gasteiger partial charge < -0.3 is 0 Å². The van der Waals surface area contributed by atoms with E-state index in [0.29, 0.717) is 0 Å². The van der Waals surface area contributed by atoms with Gasteiger partial charge in [0, 0.05) is 21.4 Å². The Hall–Kier alpha value is -1.54. The first kappa shape index (κ1) is 12.5. The minimum atomic E-state index is 0.188. The Labute approximate surface area is 117 Å². The number of rotatable bonds is 2. The van der Waals surface area contributed by atoms with Gasteiger partial charge in [-0.3, -0.25) is 4.79 Å². The monoisotopic (exact) mass is 268 g/mol. The summed E-state index contributed by atoms with van der Waals surface area (Å²) in [5.41, 5.74) is 4.20. The summed E-state index contributed by atoms with van der Waals surface area (Å²) in [6.07, 6.45) is 2.98. The van der Waals surface area contributed by atoms with E-state index in [-0.39, 0.29) is 5.78 Å². The van der Waals surface area contributed by atoms with E-state index >= 15 is 0 Å². The quantitative estimate of drug-likeness (QED) is 0.717. The molecule has 0 saturated heterocycles. The second kappa shape index (κ2) is 4.53. The zero-order valence-corrected chi connectivity index (χ0v) is 12.2. The highest BCUT2D eigenvalue weighted by Crippen LogP contribution is 2.40. The van der Waals surface area contributed by atoms with Crippen LogP contribution in [0.5, 0.6) is 0 Å². The maximum absolute atomic E-state index is 12.5. The number of hydrogen-bond donors (Lipinski definition) is 0. The number of carbonyl (C=O) groups is 1. The van der Waals surface area contributed by atoms with Crippen molar-refractivity contribution in [3.05, 3.63) is 47.0 Å². The molecule has 0 aromatic heterocycles. The van der Waals surface area contributed by atoms with Crippen LogP contribution in [0, 0.1) is 0 Å². The zero-order valence-electron chi connectivity index (χ0n) is 11.4. The molecule has 3 rings (SSSR count). The van der Waals surface area contributed by atoms with Crippen molar-refractivity contribution in [1.82, 2.24) is 0 Å². The summed E-state index contributed by atoms with van der Waals surface area (Å²) in [5, 5.41) is 2.34. The molecule has 0 heterocycles. The van der Waals surface area contributed by atoms with Crippen molar-refractivity contribution in [3.63, 3.8) is 0 Å². The third-order valence-corrected chi connectivity index (χ3v) is 4.73. The van der Waals surface area contributed by atoms with E-state index in [1.54, 1.807) is 11.8 Å². The predicted octanol–water partition coefficient (Wildman–Crippen LogP) is 4.94. The highest BCUT2D eigenvalue weighted by atomic mass is 32.2. The van der Waals surface area contributed by atoms with Gasteiger partial charge in [-0.15, -0.1) is 11.8 Å². The SMILES string of the molecule is CCC1=C(C)C(=O)c2ccc(SC)c3cccc1c23. The molecule has 1 nitrogen and oxygen atoms in total. The normalized spacial score (nSPS) is 14.4. The summed E-state index contributed by atoms with van der Waals surface area (Å²) in [6.45, 7) is 4.07. The van der Waals surface area contributed by atoms with Crippen LogP contribution >= 0.6 is 11.8 Å². The molecule has 0 spiro atoms. The lowest BCUT2D eigenvalue weighted by Crippen LogP contribution is -2.10. The predicted molar refractivity (Wildman–Crippen MR) is 82.9 cm³/mol. The summed E-state index contributed by atoms with van der Waals surface area (Å²) in [4.78, 5) is 13.7. The van der Waals surface area contributed by atoms with Crippen LogP contribution in [0.1, 0.15) is 36.2 Å². The molecule has 0 N–H and O–H groups in total. The Morgan fingerprint density at radius 3 is 2.58 bits per heavy atom. The lowest BCUT2D eigenvalue weighted by molar-refractivity contribution is 0.103. The van der Waals surface area contributed by atoms with Crippen LogP contribution in [0.2, 0.25) is 0 Å². The third-order valence-electron chi connectivity index (χ3n) is 3.94. The molecule has 0 atom stereocenters. The maximum atomic E-state index is 12.5. The molecule has 0 amide bonds. The Bertz CT molecular complexity index is 725. The molecular weight excluding hydrogens is 252 g/mol. The molecule has 0 fully saturated rings. The lowest BCUT2D eigenvalue weighted by Gasteiger charge is -2.21. The van der Waals surface area contributed by atoms with E-state index in [0.717, 1.165) is 22.9 Å². The van der Waals surface area contributed by atoms with Crippen LogP contribution in [0.3, 0.4) is 0 Å². The van der Waals surface area contributed by atoms with Crippen molar-refractivity contribution in [2.45, 2.75) is 25.2 Å². The van der Waals surface area contributed by atoms with Gasteiger partial charge in [-0.2, -0.15) is 0 Å². The molecule has 1 aliphatic carbocycles. The standard InChI is InChI=1S/C17H16OS/c1-4-11-10(2)17(18)14-8-9-15(19-3)13-7-5-6-12(11)16(13)14/h5-9H,4H2,1-3H3. The molecule has 1 aliphatic rings. The fraction of sp³-hybridized carbons (Fsp3) is 0.235. The van der Waals surface area contributed by atoms with Gasteiger partial charge in [-0.05, 0) is 48.3 Å². The number of carbonyl (C=O) groups excluding carboxylic acids is 1. The van der Waals surface area contributed by atoms with Crippen LogP contribution < -0.4 is 0 Å². The topological polar surface area (TPSA) is 17.1 Å². The lowest BCUT2D eigenvalue weighted by atomic mass is 9.82. The van der Waals surface area contributed by atoms with Crippen LogP contribution in [0.4, 0.5) is 0 Å². The number of hydrogen-bond acceptors (Lipinski definition) is 2. The van der Waals surface area contributed by atoms with Gasteiger partial charge in [-0.1, -0.05) is 25.1 Å². The maximum Gasteiger partial charge on any atom is 0.189 e. The van der Waals surface area contributed by atoms with Gasteiger partial charge >= 0.3 is 0 Å². The molecule has 0 aliphatic heterocycles. The van der Waals surface area contributed by atoms with E-state index in [1.165, 1.54) is 21.4 Å². The summed E-state index contributed by atoms with van der Waals surface area (Å²) in [7, 11) is 0. The van der Waals surface area contributed by atoms with E-state index in [2.05, 4.69) is 37.4 Å². The van der Waals surface area contributed by atoms with Crippen LogP contribution in [-0.2, 0) is 0 Å².